The molecule has 30 heavy (non-hydrogen) atoms. The van der Waals surface area contributed by atoms with Crippen LogP contribution in [0.3, 0.4) is 0 Å². The molecule has 0 saturated carbocycles. The molecule has 0 spiro atoms. The molecule has 0 bridgehead atoms. The lowest BCUT2D eigenvalue weighted by Crippen LogP contribution is -2.21. The average Bonchev–Trinajstić information content (AvgIpc) is 2.84. The van der Waals surface area contributed by atoms with Gasteiger partial charge in [0.25, 0.3) is 0 Å². The Labute approximate surface area is 175 Å². The number of carbonyl (C=O) groups is 2. The van der Waals surface area contributed by atoms with Crippen molar-refractivity contribution in [3.8, 4) is 0 Å². The van der Waals surface area contributed by atoms with Gasteiger partial charge in [-0.05, 0) is 11.1 Å². The Bertz CT molecular complexity index is 801. The molecule has 0 amide bonds. The first kappa shape index (κ1) is 23.7. The van der Waals surface area contributed by atoms with Crippen molar-refractivity contribution in [2.24, 2.45) is 0 Å². The van der Waals surface area contributed by atoms with E-state index in [0.717, 1.165) is 0 Å². The zero-order valence-electron chi connectivity index (χ0n) is 16.2. The first-order valence-corrected chi connectivity index (χ1v) is 8.96. The predicted molar refractivity (Wildman–Crippen MR) is 108 cm³/mol. The van der Waals surface area contributed by atoms with E-state index in [4.69, 9.17) is 0 Å². The number of H-pyrrole nitrogens is 2. The van der Waals surface area contributed by atoms with Gasteiger partial charge in [0.1, 0.15) is 0 Å². The lowest BCUT2D eigenvalue weighted by Gasteiger charge is -1.97. The number of aromatic amines is 2. The maximum atomic E-state index is 10.1. The van der Waals surface area contributed by atoms with E-state index in [0.29, 0.717) is 0 Å². The number of carbonyl (C=O) groups excluding carboxylic acids is 2. The summed E-state index contributed by atoms with van der Waals surface area (Å²) < 4.78 is 0. The van der Waals surface area contributed by atoms with Gasteiger partial charge in [-0.25, -0.2) is 9.97 Å². The van der Waals surface area contributed by atoms with Crippen molar-refractivity contribution in [2.75, 3.05) is 0 Å². The van der Waals surface area contributed by atoms with Crippen molar-refractivity contribution in [1.29, 1.82) is 0 Å². The fraction of sp³-hybridized carbons (Fsp3) is 0. The molecule has 0 saturated heterocycles. The molecule has 0 radical (unpaired) electrons. The molecule has 6 nitrogen and oxygen atoms in total. The van der Waals surface area contributed by atoms with Crippen LogP contribution in [-0.4, -0.2) is 11.9 Å². The first-order chi connectivity index (χ1) is 14.6. The minimum absolute atomic E-state index is 0.220. The van der Waals surface area contributed by atoms with Crippen molar-refractivity contribution in [2.45, 2.75) is 0 Å². The Kier molecular flexibility index (Phi) is 12.4. The van der Waals surface area contributed by atoms with Crippen LogP contribution >= 0.6 is 0 Å². The smallest absolute Gasteiger partial charge is 0.166 e. The number of nitrogens with one attached hydrogen (secondary N) is 2. The van der Waals surface area contributed by atoms with Gasteiger partial charge >= 0.3 is 0 Å². The molecule has 2 heterocycles. The monoisotopic (exact) mass is 402 g/mol. The van der Waals surface area contributed by atoms with E-state index in [1.165, 1.54) is 24.3 Å². The van der Waals surface area contributed by atoms with Gasteiger partial charge < -0.3 is 19.8 Å². The minimum Gasteiger partial charge on any atom is -0.545 e. The quantitative estimate of drug-likeness (QED) is 0.500. The summed E-state index contributed by atoms with van der Waals surface area (Å²) in [6.45, 7) is 0. The normalized spacial score (nSPS) is 8.53. The number of pyridine rings is 2. The molecule has 152 valence electrons. The lowest BCUT2D eigenvalue weighted by molar-refractivity contribution is -0.378. The third-order valence-corrected chi connectivity index (χ3v) is 3.23. The van der Waals surface area contributed by atoms with Gasteiger partial charge in [0.05, 0.1) is 11.9 Å². The molecule has 2 N–H and O–H groups in total. The van der Waals surface area contributed by atoms with Crippen molar-refractivity contribution >= 4 is 11.9 Å². The van der Waals surface area contributed by atoms with Crippen molar-refractivity contribution < 1.29 is 29.8 Å². The van der Waals surface area contributed by atoms with Crippen LogP contribution in [0, 0.1) is 0 Å². The first-order valence-electron chi connectivity index (χ1n) is 8.96. The third kappa shape index (κ3) is 12.1. The SMILES string of the molecule is O=C([O-])c1ccccc1.O=C([O-])c1ccccc1.c1cc[nH+]cc1.c1cc[nH+]cc1. The van der Waals surface area contributed by atoms with Crippen LogP contribution in [0.25, 0.3) is 0 Å². The van der Waals surface area contributed by atoms with Crippen LogP contribution in [0.2, 0.25) is 0 Å². The number of carboxylic acids is 2. The zero-order chi connectivity index (χ0) is 21.9. The molecule has 6 heteroatoms. The maximum Gasteiger partial charge on any atom is 0.166 e. The molecule has 0 aliphatic rings. The summed E-state index contributed by atoms with van der Waals surface area (Å²) >= 11 is 0. The van der Waals surface area contributed by atoms with Crippen LogP contribution in [-0.2, 0) is 0 Å². The van der Waals surface area contributed by atoms with Crippen molar-refractivity contribution in [3.63, 3.8) is 0 Å². The second kappa shape index (κ2) is 15.7. The van der Waals surface area contributed by atoms with E-state index >= 15 is 0 Å². The Balaban J connectivity index is 0.000000204. The number of hydrogen-bond acceptors (Lipinski definition) is 4. The van der Waals surface area contributed by atoms with Crippen LogP contribution in [0.4, 0.5) is 0 Å². The minimum atomic E-state index is -1.13. The van der Waals surface area contributed by atoms with Gasteiger partial charge in [-0.2, -0.15) is 0 Å². The average molecular weight is 402 g/mol. The second-order valence-corrected chi connectivity index (χ2v) is 5.46. The number of hydrogen-bond donors (Lipinski definition) is 0. The maximum absolute atomic E-state index is 10.1. The van der Waals surface area contributed by atoms with Gasteiger partial charge in [-0.15, -0.1) is 0 Å². The molecule has 0 fully saturated rings. The summed E-state index contributed by atoms with van der Waals surface area (Å²) in [5.41, 5.74) is 0.440. The van der Waals surface area contributed by atoms with Gasteiger partial charge in [0, 0.05) is 24.3 Å². The number of carboxylic acid groups (broad SMARTS) is 2. The molecule has 0 aliphatic carbocycles. The number of aromatic carboxylic acids is 2. The van der Waals surface area contributed by atoms with Crippen LogP contribution in [0.1, 0.15) is 20.7 Å². The summed E-state index contributed by atoms with van der Waals surface area (Å²) in [6.07, 6.45) is 7.50. The Morgan fingerprint density at radius 1 is 0.467 bits per heavy atom. The number of aromatic nitrogens is 2. The number of benzene rings is 2. The molecule has 0 aliphatic heterocycles. The molecule has 2 aromatic carbocycles. The standard InChI is InChI=1S/2C7H6O2.2C5H5N/c2*8-7(9)6-4-2-1-3-5-6;2*1-2-4-6-5-3-1/h2*1-5H,(H,8,9);2*1-5H. The van der Waals surface area contributed by atoms with Crippen molar-refractivity contribution in [1.82, 2.24) is 0 Å². The Morgan fingerprint density at radius 3 is 0.867 bits per heavy atom. The van der Waals surface area contributed by atoms with Crippen molar-refractivity contribution in [3.05, 3.63) is 133 Å². The van der Waals surface area contributed by atoms with E-state index in [1.54, 1.807) is 36.4 Å². The topological polar surface area (TPSA) is 109 Å². The van der Waals surface area contributed by atoms with Gasteiger partial charge in [-0.1, -0.05) is 72.8 Å². The molecular formula is C24H22N2O4. The summed E-state index contributed by atoms with van der Waals surface area (Å²) in [5.74, 6) is -2.26. The van der Waals surface area contributed by atoms with Crippen LogP contribution in [0.15, 0.2) is 122 Å². The van der Waals surface area contributed by atoms with E-state index in [9.17, 15) is 19.8 Å². The Morgan fingerprint density at radius 2 is 0.733 bits per heavy atom. The summed E-state index contributed by atoms with van der Waals surface area (Å²) in [4.78, 5) is 26.0. The molecule has 4 rings (SSSR count). The molecular weight excluding hydrogens is 380 g/mol. The predicted octanol–water partition coefficient (Wildman–Crippen LogP) is 1.10. The highest BCUT2D eigenvalue weighted by molar-refractivity contribution is 5.85. The highest BCUT2D eigenvalue weighted by Gasteiger charge is 1.86. The molecule has 2 aromatic heterocycles. The summed E-state index contributed by atoms with van der Waals surface area (Å²) in [7, 11) is 0. The second-order valence-electron chi connectivity index (χ2n) is 5.46. The van der Waals surface area contributed by atoms with Crippen LogP contribution < -0.4 is 20.2 Å². The largest absolute Gasteiger partial charge is 0.545 e. The van der Waals surface area contributed by atoms with Gasteiger partial charge in [0.15, 0.2) is 24.8 Å². The summed E-state index contributed by atoms with van der Waals surface area (Å²) in [6, 6.07) is 27.8. The van der Waals surface area contributed by atoms with E-state index in [-0.39, 0.29) is 11.1 Å². The third-order valence-electron chi connectivity index (χ3n) is 3.23. The van der Waals surface area contributed by atoms with E-state index in [2.05, 4.69) is 9.97 Å². The summed E-state index contributed by atoms with van der Waals surface area (Å²) in [5, 5.41) is 20.2. The highest BCUT2D eigenvalue weighted by Crippen LogP contribution is 1.95. The fourth-order valence-corrected chi connectivity index (χ4v) is 1.83. The molecule has 0 unspecified atom stereocenters. The van der Waals surface area contributed by atoms with E-state index < -0.39 is 11.9 Å². The number of rotatable bonds is 2. The van der Waals surface area contributed by atoms with Gasteiger partial charge in [-0.3, -0.25) is 0 Å². The van der Waals surface area contributed by atoms with Gasteiger partial charge in [0.2, 0.25) is 0 Å². The highest BCUT2D eigenvalue weighted by atomic mass is 16.4. The fourth-order valence-electron chi connectivity index (χ4n) is 1.83. The van der Waals surface area contributed by atoms with E-state index in [1.807, 2.05) is 61.2 Å². The molecule has 0 atom stereocenters. The zero-order valence-corrected chi connectivity index (χ0v) is 16.2. The Hall–Kier alpha value is -4.32. The lowest BCUT2D eigenvalue weighted by atomic mass is 10.2. The van der Waals surface area contributed by atoms with Crippen LogP contribution in [0.5, 0.6) is 0 Å². The molecule has 4 aromatic rings.